The zero-order valence-corrected chi connectivity index (χ0v) is 22.4. The molecule has 1 atom stereocenters. The number of alkyl halides is 3. The summed E-state index contributed by atoms with van der Waals surface area (Å²) in [7, 11) is 0. The van der Waals surface area contributed by atoms with Crippen LogP contribution in [0.2, 0.25) is 0 Å². The molecule has 1 aliphatic heterocycles. The molecule has 1 saturated heterocycles. The van der Waals surface area contributed by atoms with E-state index in [1.54, 1.807) is 23.5 Å². The number of amides is 2. The Bertz CT molecular complexity index is 1360. The van der Waals surface area contributed by atoms with Gasteiger partial charge in [0, 0.05) is 60.5 Å². The minimum absolute atomic E-state index is 0.0891. The van der Waals surface area contributed by atoms with E-state index in [4.69, 9.17) is 0 Å². The SMILES string of the molecule is O=C(NCC(=O)N1CC[C@H](NC2CCC(O)(c3ccc(-c4cccnc4)cn3)CC2)C1)c1cccc(C(F)(F)F)c1. The van der Waals surface area contributed by atoms with Gasteiger partial charge in [-0.25, -0.2) is 0 Å². The predicted octanol–water partition coefficient (Wildman–Crippen LogP) is 3.91. The number of halogens is 3. The summed E-state index contributed by atoms with van der Waals surface area (Å²) in [6.07, 6.45) is 4.13. The molecule has 2 aromatic heterocycles. The highest BCUT2D eigenvalue weighted by molar-refractivity contribution is 5.96. The number of nitrogens with zero attached hydrogens (tertiary/aromatic N) is 3. The maximum Gasteiger partial charge on any atom is 0.416 e. The van der Waals surface area contributed by atoms with Gasteiger partial charge in [-0.05, 0) is 62.4 Å². The first-order chi connectivity index (χ1) is 19.6. The van der Waals surface area contributed by atoms with Gasteiger partial charge in [0.2, 0.25) is 5.91 Å². The summed E-state index contributed by atoms with van der Waals surface area (Å²) in [6.45, 7) is 0.723. The molecule has 2 fully saturated rings. The molecular formula is C30H32F3N5O3. The van der Waals surface area contributed by atoms with Crippen molar-refractivity contribution in [3.05, 3.63) is 83.9 Å². The highest BCUT2D eigenvalue weighted by Crippen LogP contribution is 2.37. The van der Waals surface area contributed by atoms with E-state index in [2.05, 4.69) is 20.6 Å². The van der Waals surface area contributed by atoms with E-state index in [0.29, 0.717) is 31.6 Å². The van der Waals surface area contributed by atoms with Crippen LogP contribution in [-0.2, 0) is 16.6 Å². The summed E-state index contributed by atoms with van der Waals surface area (Å²) >= 11 is 0. The van der Waals surface area contributed by atoms with Crippen molar-refractivity contribution >= 4 is 11.8 Å². The molecule has 3 heterocycles. The van der Waals surface area contributed by atoms with Crippen molar-refractivity contribution in [2.75, 3.05) is 19.6 Å². The molecular weight excluding hydrogens is 535 g/mol. The summed E-state index contributed by atoms with van der Waals surface area (Å²) in [6, 6.07) is 12.1. The third-order valence-corrected chi connectivity index (χ3v) is 7.91. The number of nitrogens with one attached hydrogen (secondary N) is 2. The van der Waals surface area contributed by atoms with Gasteiger partial charge in [0.15, 0.2) is 0 Å². The van der Waals surface area contributed by atoms with Crippen molar-refractivity contribution in [1.82, 2.24) is 25.5 Å². The minimum Gasteiger partial charge on any atom is -0.384 e. The van der Waals surface area contributed by atoms with Gasteiger partial charge in [0.25, 0.3) is 5.91 Å². The molecule has 41 heavy (non-hydrogen) atoms. The van der Waals surface area contributed by atoms with Crippen LogP contribution >= 0.6 is 0 Å². The molecule has 1 saturated carbocycles. The lowest BCUT2D eigenvalue weighted by Gasteiger charge is -2.37. The van der Waals surface area contributed by atoms with Crippen LogP contribution in [0.15, 0.2) is 67.1 Å². The lowest BCUT2D eigenvalue weighted by molar-refractivity contribution is -0.137. The zero-order chi connectivity index (χ0) is 29.0. The summed E-state index contributed by atoms with van der Waals surface area (Å²) in [5, 5.41) is 17.3. The number of rotatable bonds is 7. The quantitative estimate of drug-likeness (QED) is 0.400. The van der Waals surface area contributed by atoms with Crippen LogP contribution in [0, 0.1) is 0 Å². The number of carbonyl (C=O) groups is 2. The van der Waals surface area contributed by atoms with E-state index in [-0.39, 0.29) is 30.1 Å². The van der Waals surface area contributed by atoms with Crippen molar-refractivity contribution < 1.29 is 27.9 Å². The second-order valence-corrected chi connectivity index (χ2v) is 10.7. The molecule has 11 heteroatoms. The fourth-order valence-corrected chi connectivity index (χ4v) is 5.55. The third-order valence-electron chi connectivity index (χ3n) is 7.91. The highest BCUT2D eigenvalue weighted by atomic mass is 19.4. The molecule has 216 valence electrons. The number of pyridine rings is 2. The van der Waals surface area contributed by atoms with Gasteiger partial charge in [0.1, 0.15) is 5.60 Å². The first-order valence-electron chi connectivity index (χ1n) is 13.7. The summed E-state index contributed by atoms with van der Waals surface area (Å²) in [5.74, 6) is -1.01. The molecule has 8 nitrogen and oxygen atoms in total. The smallest absolute Gasteiger partial charge is 0.384 e. The Labute approximate surface area is 236 Å². The molecule has 3 N–H and O–H groups in total. The van der Waals surface area contributed by atoms with Gasteiger partial charge >= 0.3 is 6.18 Å². The van der Waals surface area contributed by atoms with Crippen LogP contribution in [0.1, 0.15) is 53.7 Å². The van der Waals surface area contributed by atoms with Crippen molar-refractivity contribution in [2.45, 2.75) is 56.0 Å². The minimum atomic E-state index is -4.55. The van der Waals surface area contributed by atoms with E-state index < -0.39 is 23.2 Å². The van der Waals surface area contributed by atoms with E-state index in [1.807, 2.05) is 24.3 Å². The molecule has 2 aliphatic rings. The Balaban J connectivity index is 1.06. The Kier molecular flexibility index (Phi) is 8.37. The zero-order valence-electron chi connectivity index (χ0n) is 22.4. The molecule has 2 amide bonds. The number of benzene rings is 1. The largest absolute Gasteiger partial charge is 0.416 e. The van der Waals surface area contributed by atoms with E-state index in [1.165, 1.54) is 12.1 Å². The maximum atomic E-state index is 12.9. The van der Waals surface area contributed by atoms with Crippen LogP contribution in [0.5, 0.6) is 0 Å². The van der Waals surface area contributed by atoms with Crippen molar-refractivity contribution in [1.29, 1.82) is 0 Å². The maximum absolute atomic E-state index is 12.9. The first-order valence-corrected chi connectivity index (χ1v) is 13.7. The number of carbonyl (C=O) groups excluding carboxylic acids is 2. The molecule has 0 radical (unpaired) electrons. The van der Waals surface area contributed by atoms with E-state index in [9.17, 15) is 27.9 Å². The van der Waals surface area contributed by atoms with Crippen LogP contribution in [0.25, 0.3) is 11.1 Å². The number of aromatic nitrogens is 2. The van der Waals surface area contributed by atoms with Gasteiger partial charge in [-0.15, -0.1) is 0 Å². The molecule has 0 unspecified atom stereocenters. The summed E-state index contributed by atoms with van der Waals surface area (Å²) in [5.41, 5.74) is 0.520. The first kappa shape index (κ1) is 28.7. The monoisotopic (exact) mass is 567 g/mol. The van der Waals surface area contributed by atoms with E-state index in [0.717, 1.165) is 42.5 Å². The topological polar surface area (TPSA) is 107 Å². The number of hydrogen-bond acceptors (Lipinski definition) is 6. The average molecular weight is 568 g/mol. The Hall–Kier alpha value is -3.83. The van der Waals surface area contributed by atoms with Gasteiger partial charge in [-0.1, -0.05) is 18.2 Å². The Morgan fingerprint density at radius 3 is 2.46 bits per heavy atom. The van der Waals surface area contributed by atoms with Crippen LogP contribution < -0.4 is 10.6 Å². The molecule has 3 aromatic rings. The van der Waals surface area contributed by atoms with Crippen LogP contribution in [0.4, 0.5) is 13.2 Å². The molecule has 1 aromatic carbocycles. The van der Waals surface area contributed by atoms with Crippen molar-refractivity contribution in [2.24, 2.45) is 0 Å². The second-order valence-electron chi connectivity index (χ2n) is 10.7. The molecule has 0 spiro atoms. The molecule has 1 aliphatic carbocycles. The lowest BCUT2D eigenvalue weighted by atomic mass is 9.79. The number of likely N-dealkylation sites (tertiary alicyclic amines) is 1. The van der Waals surface area contributed by atoms with Crippen LogP contribution in [0.3, 0.4) is 0 Å². The third kappa shape index (κ3) is 6.91. The predicted molar refractivity (Wildman–Crippen MR) is 146 cm³/mol. The Morgan fingerprint density at radius 1 is 1.00 bits per heavy atom. The average Bonchev–Trinajstić information content (AvgIpc) is 3.46. The van der Waals surface area contributed by atoms with Gasteiger partial charge in [-0.3, -0.25) is 19.6 Å². The van der Waals surface area contributed by atoms with Crippen LogP contribution in [-0.4, -0.2) is 63.5 Å². The second kappa shape index (κ2) is 12.0. The highest BCUT2D eigenvalue weighted by Gasteiger charge is 2.37. The van der Waals surface area contributed by atoms with Gasteiger partial charge < -0.3 is 20.6 Å². The standard InChI is InChI=1S/C30H32F3N5O3/c31-30(32,33)23-5-1-3-20(15-23)28(40)36-18-27(39)38-14-10-25(19-38)37-24-8-11-29(41,12-9-24)26-7-6-22(17-35-26)21-4-2-13-34-16-21/h1-7,13,15-17,24-25,37,41H,8-12,14,18-19H2,(H,36,40)/t24?,25-,29?/m0/s1. The number of aliphatic hydroxyl groups is 1. The summed E-state index contributed by atoms with van der Waals surface area (Å²) in [4.78, 5) is 35.3. The van der Waals surface area contributed by atoms with Gasteiger partial charge in [-0.2, -0.15) is 13.2 Å². The summed E-state index contributed by atoms with van der Waals surface area (Å²) < 4.78 is 38.8. The van der Waals surface area contributed by atoms with Crippen molar-refractivity contribution in [3.8, 4) is 11.1 Å². The fraction of sp³-hybridized carbons (Fsp3) is 0.400. The fourth-order valence-electron chi connectivity index (χ4n) is 5.55. The molecule has 0 bridgehead atoms. The number of hydrogen-bond donors (Lipinski definition) is 3. The lowest BCUT2D eigenvalue weighted by Crippen LogP contribution is -2.46. The van der Waals surface area contributed by atoms with E-state index >= 15 is 0 Å². The Morgan fingerprint density at radius 2 is 1.78 bits per heavy atom. The molecule has 5 rings (SSSR count). The van der Waals surface area contributed by atoms with Gasteiger partial charge in [0.05, 0.1) is 17.8 Å². The van der Waals surface area contributed by atoms with Crippen molar-refractivity contribution in [3.63, 3.8) is 0 Å². The normalized spacial score (nSPS) is 22.9.